The van der Waals surface area contributed by atoms with Gasteiger partial charge in [-0.15, -0.1) is 0 Å². The third kappa shape index (κ3) is 6.42. The van der Waals surface area contributed by atoms with Gasteiger partial charge in [-0.2, -0.15) is 4.98 Å². The van der Waals surface area contributed by atoms with Crippen molar-refractivity contribution >= 4 is 40.8 Å². The largest absolute Gasteiger partial charge is 0.402 e. The molecule has 1 fully saturated rings. The van der Waals surface area contributed by atoms with Gasteiger partial charge in [-0.1, -0.05) is 11.6 Å². The van der Waals surface area contributed by atoms with Crippen LogP contribution in [0.3, 0.4) is 0 Å². The van der Waals surface area contributed by atoms with Crippen molar-refractivity contribution in [3.05, 3.63) is 52.1 Å². The smallest absolute Gasteiger partial charge is 0.236 e. The van der Waals surface area contributed by atoms with E-state index >= 15 is 4.39 Å². The molecule has 0 unspecified atom stereocenters. The second-order valence-corrected chi connectivity index (χ2v) is 8.70. The number of aromatic nitrogens is 2. The Morgan fingerprint density at radius 1 is 1.35 bits per heavy atom. The van der Waals surface area contributed by atoms with Crippen LogP contribution in [0.25, 0.3) is 0 Å². The molecule has 1 amide bonds. The number of likely N-dealkylation sites (tertiary alicyclic amines) is 1. The van der Waals surface area contributed by atoms with Gasteiger partial charge < -0.3 is 27.0 Å². The molecule has 1 aliphatic rings. The fraction of sp³-hybridized carbons (Fsp3) is 0.391. The first-order valence-electron chi connectivity index (χ1n) is 11.0. The lowest BCUT2D eigenvalue weighted by atomic mass is 9.86. The average molecular weight is 489 g/mol. The Morgan fingerprint density at radius 3 is 2.71 bits per heavy atom. The average Bonchev–Trinajstić information content (AvgIpc) is 2.78. The molecule has 11 heteroatoms. The van der Waals surface area contributed by atoms with Crippen LogP contribution in [0, 0.1) is 12.7 Å². The first kappa shape index (κ1) is 25.4. The molecule has 34 heavy (non-hydrogen) atoms. The molecule has 0 bridgehead atoms. The lowest BCUT2D eigenvalue weighted by molar-refractivity contribution is -0.131. The Balaban J connectivity index is 1.76. The Kier molecular flexibility index (Phi) is 8.41. The summed E-state index contributed by atoms with van der Waals surface area (Å²) in [4.78, 5) is 26.4. The molecule has 2 aromatic rings. The molecule has 9 nitrogen and oxygen atoms in total. The predicted octanol–water partition coefficient (Wildman–Crippen LogP) is 3.10. The van der Waals surface area contributed by atoms with Gasteiger partial charge in [0.15, 0.2) is 5.82 Å². The highest BCUT2D eigenvalue weighted by Gasteiger charge is 2.25. The van der Waals surface area contributed by atoms with Crippen molar-refractivity contribution < 1.29 is 9.18 Å². The third-order valence-electron chi connectivity index (χ3n) is 5.55. The summed E-state index contributed by atoms with van der Waals surface area (Å²) >= 11 is 6.12. The van der Waals surface area contributed by atoms with Crippen LogP contribution in [0.4, 0.5) is 21.8 Å². The molecule has 182 valence electrons. The van der Waals surface area contributed by atoms with Crippen LogP contribution in [0.1, 0.15) is 36.8 Å². The standard InChI is InChI=1S/C23H30ClFN8O/c1-13-8-19(30-23-29-11-17(24)22(32-23)31-20(27)9-14(2)26)18(25)10-16(13)15-4-6-33(7-5-15)21(34)12-28-3/h8-11,15,28H,4-7,12,26H2,1-3H3,(H3,27,29,30,31,32)/b14-9-. The third-order valence-corrected chi connectivity index (χ3v) is 5.82. The summed E-state index contributed by atoms with van der Waals surface area (Å²) in [6.45, 7) is 5.28. The maximum atomic E-state index is 15.0. The number of carbonyl (C=O) groups excluding carboxylic acids is 1. The number of aryl methyl sites for hydroxylation is 1. The Hall–Kier alpha value is -3.24. The number of likely N-dealkylation sites (N-methyl/N-ethyl adjacent to an activating group) is 1. The molecule has 6 N–H and O–H groups in total. The number of hydrogen-bond acceptors (Lipinski definition) is 7. The lowest BCUT2D eigenvalue weighted by Gasteiger charge is -2.33. The molecule has 1 aliphatic heterocycles. The number of allylic oxidation sites excluding steroid dienone is 1. The predicted molar refractivity (Wildman–Crippen MR) is 133 cm³/mol. The van der Waals surface area contributed by atoms with E-state index in [2.05, 4.69) is 25.6 Å². The zero-order valence-electron chi connectivity index (χ0n) is 19.5. The number of amidine groups is 1. The summed E-state index contributed by atoms with van der Waals surface area (Å²) in [5, 5.41) is 5.98. The van der Waals surface area contributed by atoms with Gasteiger partial charge >= 0.3 is 0 Å². The van der Waals surface area contributed by atoms with E-state index in [0.29, 0.717) is 25.3 Å². The molecule has 1 saturated heterocycles. The summed E-state index contributed by atoms with van der Waals surface area (Å²) in [6.07, 6.45) is 4.43. The molecular weight excluding hydrogens is 459 g/mol. The summed E-state index contributed by atoms with van der Waals surface area (Å²) < 4.78 is 15.0. The molecule has 0 aliphatic carbocycles. The van der Waals surface area contributed by atoms with Crippen molar-refractivity contribution in [2.75, 3.05) is 32.0 Å². The fourth-order valence-corrected chi connectivity index (χ4v) is 4.07. The van der Waals surface area contributed by atoms with E-state index in [1.54, 1.807) is 26.1 Å². The summed E-state index contributed by atoms with van der Waals surface area (Å²) in [5.41, 5.74) is 14.0. The van der Waals surface area contributed by atoms with Crippen LogP contribution in [-0.2, 0) is 4.79 Å². The van der Waals surface area contributed by atoms with Crippen molar-refractivity contribution in [3.63, 3.8) is 0 Å². The SMILES string of the molecule is CNCC(=O)N1CCC(c2cc(F)c(Nc3ncc(Cl)c(N=C(N)/C=C(/C)N)n3)cc2C)CC1. The summed E-state index contributed by atoms with van der Waals surface area (Å²) in [6, 6.07) is 3.29. The van der Waals surface area contributed by atoms with E-state index in [1.807, 2.05) is 11.8 Å². The molecular formula is C23H30ClFN8O. The van der Waals surface area contributed by atoms with E-state index < -0.39 is 5.82 Å². The monoisotopic (exact) mass is 488 g/mol. The number of piperidine rings is 1. The number of nitrogens with two attached hydrogens (primary N) is 2. The molecule has 0 saturated carbocycles. The molecule has 3 rings (SSSR count). The van der Waals surface area contributed by atoms with Gasteiger partial charge in [-0.05, 0) is 69.0 Å². The minimum atomic E-state index is -0.418. The summed E-state index contributed by atoms with van der Waals surface area (Å²) in [7, 11) is 1.75. The number of aliphatic imine (C=N–C) groups is 1. The number of rotatable bonds is 7. The van der Waals surface area contributed by atoms with Crippen molar-refractivity contribution in [1.82, 2.24) is 20.2 Å². The quantitative estimate of drug-likeness (QED) is 0.347. The Bertz CT molecular complexity index is 1110. The number of anilines is 2. The number of amides is 1. The highest BCUT2D eigenvalue weighted by atomic mass is 35.5. The molecule has 1 aromatic heterocycles. The number of carbonyl (C=O) groups is 1. The van der Waals surface area contributed by atoms with E-state index in [1.165, 1.54) is 12.3 Å². The molecule has 0 radical (unpaired) electrons. The van der Waals surface area contributed by atoms with Gasteiger partial charge in [0.1, 0.15) is 16.7 Å². The van der Waals surface area contributed by atoms with E-state index in [0.717, 1.165) is 24.0 Å². The Morgan fingerprint density at radius 2 is 2.06 bits per heavy atom. The summed E-state index contributed by atoms with van der Waals surface area (Å²) in [5.74, 6) is 0.271. The first-order valence-corrected chi connectivity index (χ1v) is 11.4. The normalized spacial score (nSPS) is 15.5. The van der Waals surface area contributed by atoms with Crippen molar-refractivity contribution in [1.29, 1.82) is 0 Å². The maximum absolute atomic E-state index is 15.0. The van der Waals surface area contributed by atoms with Crippen molar-refractivity contribution in [2.24, 2.45) is 16.5 Å². The molecule has 0 spiro atoms. The number of hydrogen-bond donors (Lipinski definition) is 4. The highest BCUT2D eigenvalue weighted by molar-refractivity contribution is 6.32. The number of halogens is 2. The van der Waals surface area contributed by atoms with Gasteiger partial charge in [0, 0.05) is 18.8 Å². The minimum Gasteiger partial charge on any atom is -0.402 e. The van der Waals surface area contributed by atoms with Crippen LogP contribution in [0.5, 0.6) is 0 Å². The van der Waals surface area contributed by atoms with E-state index in [9.17, 15) is 4.79 Å². The molecule has 1 aromatic carbocycles. The zero-order chi connectivity index (χ0) is 24.8. The molecule has 0 atom stereocenters. The van der Waals surface area contributed by atoms with Gasteiger partial charge in [0.05, 0.1) is 18.4 Å². The molecule has 2 heterocycles. The number of nitrogens with zero attached hydrogens (tertiary/aromatic N) is 4. The topological polar surface area (TPSA) is 135 Å². The minimum absolute atomic E-state index is 0.0889. The van der Waals surface area contributed by atoms with Gasteiger partial charge in [-0.25, -0.2) is 14.4 Å². The lowest BCUT2D eigenvalue weighted by Crippen LogP contribution is -2.42. The van der Waals surface area contributed by atoms with Crippen LogP contribution in [0.15, 0.2) is 35.1 Å². The number of nitrogens with one attached hydrogen (secondary N) is 2. The van der Waals surface area contributed by atoms with Crippen molar-refractivity contribution in [2.45, 2.75) is 32.6 Å². The van der Waals surface area contributed by atoms with Gasteiger partial charge in [0.25, 0.3) is 0 Å². The second kappa shape index (κ2) is 11.3. The fourth-order valence-electron chi connectivity index (χ4n) is 3.94. The van der Waals surface area contributed by atoms with Crippen LogP contribution in [-0.4, -0.2) is 53.3 Å². The zero-order valence-corrected chi connectivity index (χ0v) is 20.3. The maximum Gasteiger partial charge on any atom is 0.236 e. The van der Waals surface area contributed by atoms with Gasteiger partial charge in [0.2, 0.25) is 11.9 Å². The Labute approximate surface area is 203 Å². The van der Waals surface area contributed by atoms with Crippen LogP contribution >= 0.6 is 11.6 Å². The van der Waals surface area contributed by atoms with E-state index in [4.69, 9.17) is 23.1 Å². The second-order valence-electron chi connectivity index (χ2n) is 8.29. The van der Waals surface area contributed by atoms with E-state index in [-0.39, 0.29) is 40.1 Å². The van der Waals surface area contributed by atoms with Crippen molar-refractivity contribution in [3.8, 4) is 0 Å². The highest BCUT2D eigenvalue weighted by Crippen LogP contribution is 2.34. The first-order chi connectivity index (χ1) is 16.2. The number of benzene rings is 1. The van der Waals surface area contributed by atoms with Crippen LogP contribution < -0.4 is 22.1 Å². The van der Waals surface area contributed by atoms with Gasteiger partial charge in [-0.3, -0.25) is 4.79 Å². The van der Waals surface area contributed by atoms with Crippen LogP contribution in [0.2, 0.25) is 5.02 Å².